The molecule has 0 radical (unpaired) electrons. The van der Waals surface area contributed by atoms with E-state index < -0.39 is 0 Å². The van der Waals surface area contributed by atoms with Crippen molar-refractivity contribution in [3.8, 4) is 0 Å². The number of ether oxygens (including phenoxy) is 1. The van der Waals surface area contributed by atoms with E-state index in [4.69, 9.17) is 4.74 Å². The lowest BCUT2D eigenvalue weighted by atomic mass is 10.1. The minimum absolute atomic E-state index is 0.710. The van der Waals surface area contributed by atoms with Crippen molar-refractivity contribution in [1.29, 1.82) is 0 Å². The van der Waals surface area contributed by atoms with Crippen LogP contribution in [0.3, 0.4) is 0 Å². The monoisotopic (exact) mass is 164 g/mol. The summed E-state index contributed by atoms with van der Waals surface area (Å²) in [5.74, 6) is 0. The Bertz CT molecular complexity index is 218. The molecule has 0 atom stereocenters. The highest BCUT2D eigenvalue weighted by Crippen LogP contribution is 2.03. The molecule has 0 spiro atoms. The zero-order valence-corrected chi connectivity index (χ0v) is 7.84. The fourth-order valence-corrected chi connectivity index (χ4v) is 0.969. The van der Waals surface area contributed by atoms with Crippen LogP contribution in [0.25, 0.3) is 0 Å². The first-order chi connectivity index (χ1) is 5.83. The maximum Gasteiger partial charge on any atom is 0.0713 e. The molecule has 0 fully saturated rings. The highest BCUT2D eigenvalue weighted by Gasteiger charge is 1.89. The molecule has 1 aromatic carbocycles. The van der Waals surface area contributed by atoms with Gasteiger partial charge in [0.1, 0.15) is 0 Å². The van der Waals surface area contributed by atoms with Crippen molar-refractivity contribution in [2.24, 2.45) is 0 Å². The molecule has 0 heterocycles. The second-order valence-corrected chi connectivity index (χ2v) is 2.42. The molecular formula is C11H16O. The van der Waals surface area contributed by atoms with Gasteiger partial charge in [-0.1, -0.05) is 29.8 Å². The highest BCUT2D eigenvalue weighted by atomic mass is 16.5. The standard InChI is InChI=1S/C9H12O.C2H4/c1-8-4-3-5-9(6-8)7-10-2;1-2/h3-6H,7H2,1-2H3;1-2H2. The number of benzene rings is 1. The van der Waals surface area contributed by atoms with E-state index in [9.17, 15) is 0 Å². The van der Waals surface area contributed by atoms with Crippen LogP contribution in [0.4, 0.5) is 0 Å². The Labute approximate surface area is 74.7 Å². The summed E-state index contributed by atoms with van der Waals surface area (Å²) in [6.07, 6.45) is 0. The second-order valence-electron chi connectivity index (χ2n) is 2.42. The van der Waals surface area contributed by atoms with E-state index in [1.165, 1.54) is 11.1 Å². The Hall–Kier alpha value is -1.08. The van der Waals surface area contributed by atoms with Crippen LogP contribution in [0.15, 0.2) is 37.4 Å². The number of rotatable bonds is 2. The molecule has 0 amide bonds. The lowest BCUT2D eigenvalue weighted by Gasteiger charge is -1.98. The molecule has 0 unspecified atom stereocenters. The molecule has 12 heavy (non-hydrogen) atoms. The van der Waals surface area contributed by atoms with Gasteiger partial charge in [-0.15, -0.1) is 13.2 Å². The molecule has 0 N–H and O–H groups in total. The topological polar surface area (TPSA) is 9.23 Å². The lowest BCUT2D eigenvalue weighted by molar-refractivity contribution is 0.185. The fourth-order valence-electron chi connectivity index (χ4n) is 0.969. The van der Waals surface area contributed by atoms with Gasteiger partial charge in [-0.05, 0) is 12.5 Å². The van der Waals surface area contributed by atoms with E-state index in [0.29, 0.717) is 6.61 Å². The average Bonchev–Trinajstić information content (AvgIpc) is 2.09. The van der Waals surface area contributed by atoms with Crippen LogP contribution in [0.1, 0.15) is 11.1 Å². The van der Waals surface area contributed by atoms with Crippen molar-refractivity contribution in [2.45, 2.75) is 13.5 Å². The first kappa shape index (κ1) is 10.9. The SMILES string of the molecule is C=C.COCc1cccc(C)c1. The summed E-state index contributed by atoms with van der Waals surface area (Å²) in [5.41, 5.74) is 2.53. The van der Waals surface area contributed by atoms with E-state index in [2.05, 4.69) is 38.3 Å². The predicted octanol–water partition coefficient (Wildman–Crippen LogP) is 2.94. The zero-order valence-electron chi connectivity index (χ0n) is 7.84. The molecule has 0 aliphatic carbocycles. The van der Waals surface area contributed by atoms with Gasteiger partial charge in [0.15, 0.2) is 0 Å². The van der Waals surface area contributed by atoms with Gasteiger partial charge in [-0.25, -0.2) is 0 Å². The number of hydrogen-bond donors (Lipinski definition) is 0. The minimum Gasteiger partial charge on any atom is -0.380 e. The van der Waals surface area contributed by atoms with Gasteiger partial charge in [-0.2, -0.15) is 0 Å². The van der Waals surface area contributed by atoms with Gasteiger partial charge in [0, 0.05) is 7.11 Å². The Morgan fingerprint density at radius 3 is 2.50 bits per heavy atom. The van der Waals surface area contributed by atoms with E-state index in [0.717, 1.165) is 0 Å². The third-order valence-electron chi connectivity index (χ3n) is 1.39. The second kappa shape index (κ2) is 6.62. The Balaban J connectivity index is 0.000000561. The summed E-state index contributed by atoms with van der Waals surface area (Å²) in [6.45, 7) is 8.79. The highest BCUT2D eigenvalue weighted by molar-refractivity contribution is 5.21. The molecule has 0 saturated heterocycles. The summed E-state index contributed by atoms with van der Waals surface area (Å²) < 4.78 is 4.98. The fraction of sp³-hybridized carbons (Fsp3) is 0.273. The van der Waals surface area contributed by atoms with Gasteiger partial charge < -0.3 is 4.74 Å². The van der Waals surface area contributed by atoms with Gasteiger partial charge >= 0.3 is 0 Å². The van der Waals surface area contributed by atoms with Crippen LogP contribution in [0, 0.1) is 6.92 Å². The minimum atomic E-state index is 0.710. The molecule has 0 saturated carbocycles. The molecule has 1 nitrogen and oxygen atoms in total. The van der Waals surface area contributed by atoms with Gasteiger partial charge in [-0.3, -0.25) is 0 Å². The first-order valence-corrected chi connectivity index (χ1v) is 3.87. The number of methoxy groups -OCH3 is 1. The predicted molar refractivity (Wildman–Crippen MR) is 53.1 cm³/mol. The van der Waals surface area contributed by atoms with Crippen LogP contribution in [0.5, 0.6) is 0 Å². The quantitative estimate of drug-likeness (QED) is 0.611. The van der Waals surface area contributed by atoms with Crippen LogP contribution in [0.2, 0.25) is 0 Å². The Kier molecular flexibility index (Phi) is 6.02. The first-order valence-electron chi connectivity index (χ1n) is 3.87. The zero-order chi connectivity index (χ0) is 9.40. The third-order valence-corrected chi connectivity index (χ3v) is 1.39. The van der Waals surface area contributed by atoms with Gasteiger partial charge in [0.2, 0.25) is 0 Å². The number of aryl methyl sites for hydroxylation is 1. The van der Waals surface area contributed by atoms with Crippen LogP contribution in [-0.4, -0.2) is 7.11 Å². The van der Waals surface area contributed by atoms with Gasteiger partial charge in [0.25, 0.3) is 0 Å². The lowest BCUT2D eigenvalue weighted by Crippen LogP contribution is -1.86. The smallest absolute Gasteiger partial charge is 0.0713 e. The summed E-state index contributed by atoms with van der Waals surface area (Å²) in [6, 6.07) is 8.32. The molecule has 0 bridgehead atoms. The summed E-state index contributed by atoms with van der Waals surface area (Å²) >= 11 is 0. The molecular weight excluding hydrogens is 148 g/mol. The molecule has 0 aromatic heterocycles. The number of hydrogen-bond acceptors (Lipinski definition) is 1. The Morgan fingerprint density at radius 1 is 1.33 bits per heavy atom. The third kappa shape index (κ3) is 3.94. The molecule has 1 heteroatoms. The van der Waals surface area contributed by atoms with Crippen molar-refractivity contribution in [3.05, 3.63) is 48.6 Å². The van der Waals surface area contributed by atoms with E-state index >= 15 is 0 Å². The molecule has 1 rings (SSSR count). The maximum absolute atomic E-state index is 4.98. The molecule has 66 valence electrons. The average molecular weight is 164 g/mol. The molecule has 1 aromatic rings. The Morgan fingerprint density at radius 2 is 2.00 bits per heavy atom. The van der Waals surface area contributed by atoms with Gasteiger partial charge in [0.05, 0.1) is 6.61 Å². The maximum atomic E-state index is 4.98. The summed E-state index contributed by atoms with van der Waals surface area (Å²) in [4.78, 5) is 0. The molecule has 0 aliphatic rings. The van der Waals surface area contributed by atoms with E-state index in [-0.39, 0.29) is 0 Å². The largest absolute Gasteiger partial charge is 0.380 e. The van der Waals surface area contributed by atoms with Crippen LogP contribution in [-0.2, 0) is 11.3 Å². The van der Waals surface area contributed by atoms with E-state index in [1.54, 1.807) is 7.11 Å². The summed E-state index contributed by atoms with van der Waals surface area (Å²) in [5, 5.41) is 0. The van der Waals surface area contributed by atoms with E-state index in [1.807, 2.05) is 6.07 Å². The van der Waals surface area contributed by atoms with Crippen LogP contribution >= 0.6 is 0 Å². The van der Waals surface area contributed by atoms with Crippen molar-refractivity contribution in [3.63, 3.8) is 0 Å². The molecule has 0 aliphatic heterocycles. The van der Waals surface area contributed by atoms with Crippen molar-refractivity contribution < 1.29 is 4.74 Å². The van der Waals surface area contributed by atoms with Crippen molar-refractivity contribution in [2.75, 3.05) is 7.11 Å². The summed E-state index contributed by atoms with van der Waals surface area (Å²) in [7, 11) is 1.71. The van der Waals surface area contributed by atoms with Crippen LogP contribution < -0.4 is 0 Å². The normalized spacial score (nSPS) is 8.50. The van der Waals surface area contributed by atoms with Crippen molar-refractivity contribution in [1.82, 2.24) is 0 Å². The van der Waals surface area contributed by atoms with Crippen molar-refractivity contribution >= 4 is 0 Å².